The van der Waals surface area contributed by atoms with Crippen molar-refractivity contribution in [2.75, 3.05) is 30.0 Å². The first-order chi connectivity index (χ1) is 15.6. The summed E-state index contributed by atoms with van der Waals surface area (Å²) in [5.74, 6) is 1.06. The third-order valence-electron chi connectivity index (χ3n) is 4.89. The molecule has 0 atom stereocenters. The Morgan fingerprint density at radius 1 is 0.970 bits per heavy atom. The van der Waals surface area contributed by atoms with Crippen LogP contribution in [0.25, 0.3) is 22.4 Å². The largest absolute Gasteiger partial charge is 0.416 e. The number of H-pyrrole nitrogens is 1. The SMILES string of the molecule is CS(=O)(=O)c1ccc(NCCNc2ccc(-c3nc4ccc(C(F)(F)F)cc4[nH]3)cn2)cc1. The van der Waals surface area contributed by atoms with E-state index in [1.165, 1.54) is 6.07 Å². The molecule has 0 bridgehead atoms. The summed E-state index contributed by atoms with van der Waals surface area (Å²) in [7, 11) is -3.22. The van der Waals surface area contributed by atoms with Crippen molar-refractivity contribution in [2.24, 2.45) is 0 Å². The summed E-state index contributed by atoms with van der Waals surface area (Å²) in [4.78, 5) is 11.8. The molecule has 0 fully saturated rings. The molecule has 0 unspecified atom stereocenters. The van der Waals surface area contributed by atoms with Crippen LogP contribution < -0.4 is 10.6 Å². The van der Waals surface area contributed by atoms with Crippen LogP contribution in [-0.2, 0) is 16.0 Å². The molecule has 0 aliphatic rings. The van der Waals surface area contributed by atoms with Crippen molar-refractivity contribution < 1.29 is 21.6 Å². The lowest BCUT2D eigenvalue weighted by Gasteiger charge is -2.09. The molecule has 2 aromatic heterocycles. The normalized spacial score (nSPS) is 12.1. The van der Waals surface area contributed by atoms with Gasteiger partial charge in [-0.05, 0) is 54.6 Å². The molecule has 7 nitrogen and oxygen atoms in total. The highest BCUT2D eigenvalue weighted by Crippen LogP contribution is 2.31. The van der Waals surface area contributed by atoms with Gasteiger partial charge in [0.2, 0.25) is 0 Å². The number of nitrogens with zero attached hydrogens (tertiary/aromatic N) is 2. The van der Waals surface area contributed by atoms with E-state index in [0.29, 0.717) is 41.3 Å². The molecule has 4 aromatic rings. The van der Waals surface area contributed by atoms with E-state index in [4.69, 9.17) is 0 Å². The van der Waals surface area contributed by atoms with Crippen LogP contribution in [0, 0.1) is 0 Å². The van der Waals surface area contributed by atoms with Gasteiger partial charge in [0, 0.05) is 36.8 Å². The average Bonchev–Trinajstić information content (AvgIpc) is 3.20. The minimum Gasteiger partial charge on any atom is -0.383 e. The van der Waals surface area contributed by atoms with E-state index >= 15 is 0 Å². The molecule has 2 heterocycles. The van der Waals surface area contributed by atoms with Gasteiger partial charge in [0.1, 0.15) is 11.6 Å². The first-order valence-corrected chi connectivity index (χ1v) is 11.8. The first kappa shape index (κ1) is 22.6. The van der Waals surface area contributed by atoms with Crippen LogP contribution in [0.3, 0.4) is 0 Å². The van der Waals surface area contributed by atoms with Crippen LogP contribution >= 0.6 is 0 Å². The maximum Gasteiger partial charge on any atom is 0.416 e. The van der Waals surface area contributed by atoms with Gasteiger partial charge in [-0.15, -0.1) is 0 Å². The molecule has 0 spiro atoms. The predicted octanol–water partition coefficient (Wildman–Crippen LogP) is 4.57. The molecule has 0 aliphatic heterocycles. The Bertz CT molecular complexity index is 1370. The lowest BCUT2D eigenvalue weighted by molar-refractivity contribution is -0.137. The highest BCUT2D eigenvalue weighted by atomic mass is 32.2. The number of fused-ring (bicyclic) bond motifs is 1. The number of anilines is 2. The molecule has 0 saturated heterocycles. The van der Waals surface area contributed by atoms with E-state index in [-0.39, 0.29) is 4.90 Å². The molecule has 11 heteroatoms. The molecule has 0 aliphatic carbocycles. The van der Waals surface area contributed by atoms with Gasteiger partial charge in [-0.2, -0.15) is 13.2 Å². The van der Waals surface area contributed by atoms with Crippen LogP contribution in [0.1, 0.15) is 5.56 Å². The maximum absolute atomic E-state index is 12.9. The molecule has 33 heavy (non-hydrogen) atoms. The third-order valence-corrected chi connectivity index (χ3v) is 6.02. The highest BCUT2D eigenvalue weighted by molar-refractivity contribution is 7.90. The van der Waals surface area contributed by atoms with Gasteiger partial charge in [0.05, 0.1) is 21.5 Å². The van der Waals surface area contributed by atoms with Gasteiger partial charge in [-0.1, -0.05) is 0 Å². The van der Waals surface area contributed by atoms with Crippen molar-refractivity contribution in [3.05, 3.63) is 66.4 Å². The van der Waals surface area contributed by atoms with E-state index < -0.39 is 21.6 Å². The minimum absolute atomic E-state index is 0.265. The topological polar surface area (TPSA) is 99.8 Å². The van der Waals surface area contributed by atoms with Crippen molar-refractivity contribution in [2.45, 2.75) is 11.1 Å². The molecular formula is C22H20F3N5O2S. The summed E-state index contributed by atoms with van der Waals surface area (Å²) in [5, 5.41) is 6.34. The van der Waals surface area contributed by atoms with Crippen LogP contribution in [0.2, 0.25) is 0 Å². The number of alkyl halides is 3. The number of aromatic amines is 1. The van der Waals surface area contributed by atoms with Gasteiger partial charge < -0.3 is 15.6 Å². The summed E-state index contributed by atoms with van der Waals surface area (Å²) >= 11 is 0. The Hall–Kier alpha value is -3.60. The molecule has 2 aromatic carbocycles. The number of halogens is 3. The first-order valence-electron chi connectivity index (χ1n) is 9.91. The van der Waals surface area contributed by atoms with E-state index in [1.54, 1.807) is 42.6 Å². The van der Waals surface area contributed by atoms with Crippen molar-refractivity contribution in [1.82, 2.24) is 15.0 Å². The van der Waals surface area contributed by atoms with Crippen molar-refractivity contribution >= 4 is 32.4 Å². The zero-order chi connectivity index (χ0) is 23.6. The number of nitrogens with one attached hydrogen (secondary N) is 3. The van der Waals surface area contributed by atoms with Crippen molar-refractivity contribution in [3.8, 4) is 11.4 Å². The number of imidazole rings is 1. The summed E-state index contributed by atoms with van der Waals surface area (Å²) in [5.41, 5.74) is 1.46. The lowest BCUT2D eigenvalue weighted by atomic mass is 10.2. The number of hydrogen-bond donors (Lipinski definition) is 3. The number of hydrogen-bond acceptors (Lipinski definition) is 6. The molecular weight excluding hydrogens is 455 g/mol. The maximum atomic E-state index is 12.9. The summed E-state index contributed by atoms with van der Waals surface area (Å²) in [6, 6.07) is 13.4. The Morgan fingerprint density at radius 3 is 2.33 bits per heavy atom. The van der Waals surface area contributed by atoms with Gasteiger partial charge in [0.15, 0.2) is 9.84 Å². The standard InChI is InChI=1S/C22H20F3N5O2S/c1-33(31,32)17-6-4-16(5-7-17)26-10-11-27-20-9-2-14(13-28-20)21-29-18-8-3-15(22(23,24)25)12-19(18)30-21/h2-9,12-13,26H,10-11H2,1H3,(H,27,28)(H,29,30). The summed E-state index contributed by atoms with van der Waals surface area (Å²) < 4.78 is 61.7. The second-order valence-electron chi connectivity index (χ2n) is 7.40. The van der Waals surface area contributed by atoms with E-state index in [0.717, 1.165) is 24.1 Å². The monoisotopic (exact) mass is 475 g/mol. The number of sulfone groups is 1. The van der Waals surface area contributed by atoms with E-state index in [2.05, 4.69) is 25.6 Å². The van der Waals surface area contributed by atoms with Crippen LogP contribution in [0.4, 0.5) is 24.7 Å². The van der Waals surface area contributed by atoms with Crippen LogP contribution in [-0.4, -0.2) is 42.7 Å². The number of rotatable bonds is 7. The van der Waals surface area contributed by atoms with Gasteiger partial charge in [-0.25, -0.2) is 18.4 Å². The molecule has 3 N–H and O–H groups in total. The van der Waals surface area contributed by atoms with Gasteiger partial charge in [-0.3, -0.25) is 0 Å². The highest BCUT2D eigenvalue weighted by Gasteiger charge is 2.30. The Kier molecular flexibility index (Phi) is 5.98. The fraction of sp³-hybridized carbons (Fsp3) is 0.182. The lowest BCUT2D eigenvalue weighted by Crippen LogP contribution is -2.14. The Labute approximate surface area is 188 Å². The molecule has 0 amide bonds. The zero-order valence-electron chi connectivity index (χ0n) is 17.4. The molecule has 4 rings (SSSR count). The number of aromatic nitrogens is 3. The van der Waals surface area contributed by atoms with Crippen molar-refractivity contribution in [3.63, 3.8) is 0 Å². The minimum atomic E-state index is -4.41. The Balaban J connectivity index is 1.34. The fourth-order valence-corrected chi connectivity index (χ4v) is 3.81. The molecule has 0 saturated carbocycles. The molecule has 172 valence electrons. The number of benzene rings is 2. The van der Waals surface area contributed by atoms with Gasteiger partial charge >= 0.3 is 6.18 Å². The second kappa shape index (κ2) is 8.74. The summed E-state index contributed by atoms with van der Waals surface area (Å²) in [6.07, 6.45) is -1.67. The fourth-order valence-electron chi connectivity index (χ4n) is 3.18. The van der Waals surface area contributed by atoms with E-state index in [1.807, 2.05) is 0 Å². The average molecular weight is 475 g/mol. The summed E-state index contributed by atoms with van der Waals surface area (Å²) in [6.45, 7) is 1.14. The molecule has 0 radical (unpaired) electrons. The van der Waals surface area contributed by atoms with Crippen molar-refractivity contribution in [1.29, 1.82) is 0 Å². The smallest absolute Gasteiger partial charge is 0.383 e. The van der Waals surface area contributed by atoms with Gasteiger partial charge in [0.25, 0.3) is 0 Å². The predicted molar refractivity (Wildman–Crippen MR) is 121 cm³/mol. The Morgan fingerprint density at radius 2 is 1.70 bits per heavy atom. The zero-order valence-corrected chi connectivity index (χ0v) is 18.3. The third kappa shape index (κ3) is 5.43. The van der Waals surface area contributed by atoms with Crippen LogP contribution in [0.15, 0.2) is 65.7 Å². The second-order valence-corrected chi connectivity index (χ2v) is 9.41. The van der Waals surface area contributed by atoms with E-state index in [9.17, 15) is 21.6 Å². The quantitative estimate of drug-likeness (QED) is 0.339. The van der Waals surface area contributed by atoms with Crippen LogP contribution in [0.5, 0.6) is 0 Å². The number of pyridine rings is 1.